The van der Waals surface area contributed by atoms with Gasteiger partial charge in [0.05, 0.1) is 13.2 Å². The van der Waals surface area contributed by atoms with Gasteiger partial charge in [-0.3, -0.25) is 0 Å². The molecule has 1 aliphatic heterocycles. The summed E-state index contributed by atoms with van der Waals surface area (Å²) in [7, 11) is 0. The first-order valence-corrected chi connectivity index (χ1v) is 15.0. The van der Waals surface area contributed by atoms with Crippen molar-refractivity contribution in [1.29, 1.82) is 0 Å². The van der Waals surface area contributed by atoms with Gasteiger partial charge in [-0.25, -0.2) is 0 Å². The van der Waals surface area contributed by atoms with Gasteiger partial charge in [0.15, 0.2) is 5.79 Å². The Hall–Kier alpha value is -1.12. The Kier molecular flexibility index (Phi) is 11.8. The van der Waals surface area contributed by atoms with Gasteiger partial charge >= 0.3 is 0 Å². The van der Waals surface area contributed by atoms with Gasteiger partial charge in [0.25, 0.3) is 0 Å². The third kappa shape index (κ3) is 9.04. The van der Waals surface area contributed by atoms with Gasteiger partial charge in [0.1, 0.15) is 0 Å². The Labute approximate surface area is 217 Å². The van der Waals surface area contributed by atoms with Crippen LogP contribution in [0, 0.1) is 23.2 Å². The minimum atomic E-state index is -0.293. The maximum Gasteiger partial charge on any atom is 0.168 e. The molecule has 35 heavy (non-hydrogen) atoms. The zero-order chi connectivity index (χ0) is 25.0. The van der Waals surface area contributed by atoms with Crippen LogP contribution in [0.5, 0.6) is 0 Å². The van der Waals surface area contributed by atoms with Gasteiger partial charge in [0, 0.05) is 12.8 Å². The predicted molar refractivity (Wildman–Crippen MR) is 150 cm³/mol. The van der Waals surface area contributed by atoms with Crippen LogP contribution in [0.2, 0.25) is 0 Å². The van der Waals surface area contributed by atoms with Crippen molar-refractivity contribution in [3.63, 3.8) is 0 Å². The molecule has 2 heteroatoms. The fraction of sp³-hybridized carbons (Fsp3) is 0.758. The lowest BCUT2D eigenvalue weighted by Crippen LogP contribution is -2.31. The fourth-order valence-corrected chi connectivity index (χ4v) is 6.73. The van der Waals surface area contributed by atoms with Crippen molar-refractivity contribution in [2.75, 3.05) is 13.2 Å². The zero-order valence-electron chi connectivity index (χ0n) is 23.4. The Bertz CT molecular complexity index is 706. The largest absolute Gasteiger partial charge is 0.348 e. The van der Waals surface area contributed by atoms with Crippen LogP contribution < -0.4 is 0 Å². The number of unbranched alkanes of at least 4 members (excludes halogenated alkanes) is 1. The van der Waals surface area contributed by atoms with Gasteiger partial charge in [-0.15, -0.1) is 0 Å². The SMILES string of the molecule is C/C=C\CCC[C@@H](C(C)C)C1(CC)CC1.c1ccc(CCC2(CCC3CCCC3)OCCO2)cc1. The van der Waals surface area contributed by atoms with Gasteiger partial charge < -0.3 is 9.47 Å². The standard InChI is InChI=1S/C18H26O2.C15H28/c1-2-6-16(7-3-1)10-12-18(19-14-15-20-18)13-11-17-8-4-5-9-17;1-5-7-8-9-10-14(13(3)4)15(6-2)11-12-15/h1-3,6-7,17H,4-5,8-15H2;5,7,13-14H,6,8-12H2,1-4H3/b;7-5-/t;14-/m.0/s1. The van der Waals surface area contributed by atoms with E-state index in [-0.39, 0.29) is 5.79 Å². The molecule has 1 aromatic rings. The monoisotopic (exact) mass is 482 g/mol. The number of rotatable bonds is 13. The molecule has 1 saturated heterocycles. The van der Waals surface area contributed by atoms with Gasteiger partial charge in [0.2, 0.25) is 0 Å². The second kappa shape index (κ2) is 14.6. The van der Waals surface area contributed by atoms with Crippen molar-refractivity contribution in [2.24, 2.45) is 23.2 Å². The Morgan fingerprint density at radius 2 is 1.69 bits per heavy atom. The minimum Gasteiger partial charge on any atom is -0.348 e. The van der Waals surface area contributed by atoms with Crippen molar-refractivity contribution in [3.05, 3.63) is 48.0 Å². The molecule has 2 nitrogen and oxygen atoms in total. The Morgan fingerprint density at radius 3 is 2.26 bits per heavy atom. The molecule has 0 spiro atoms. The van der Waals surface area contributed by atoms with Crippen LogP contribution in [0.15, 0.2) is 42.5 Å². The number of hydrogen-bond acceptors (Lipinski definition) is 2. The molecule has 0 unspecified atom stereocenters. The van der Waals surface area contributed by atoms with Gasteiger partial charge in [-0.05, 0) is 80.6 Å². The normalized spacial score (nSPS) is 21.9. The maximum atomic E-state index is 6.00. The number of benzene rings is 1. The van der Waals surface area contributed by atoms with E-state index in [0.29, 0.717) is 0 Å². The summed E-state index contributed by atoms with van der Waals surface area (Å²) in [6.07, 6.45) is 23.0. The van der Waals surface area contributed by atoms with E-state index < -0.39 is 0 Å². The van der Waals surface area contributed by atoms with Crippen LogP contribution in [-0.4, -0.2) is 19.0 Å². The summed E-state index contributed by atoms with van der Waals surface area (Å²) in [5, 5.41) is 0. The third-order valence-corrected chi connectivity index (χ3v) is 9.17. The van der Waals surface area contributed by atoms with Crippen LogP contribution in [0.25, 0.3) is 0 Å². The van der Waals surface area contributed by atoms with Crippen LogP contribution in [0.1, 0.15) is 117 Å². The minimum absolute atomic E-state index is 0.293. The van der Waals surface area contributed by atoms with E-state index in [1.54, 1.807) is 0 Å². The predicted octanol–water partition coefficient (Wildman–Crippen LogP) is 9.53. The highest BCUT2D eigenvalue weighted by Gasteiger charge is 2.47. The van der Waals surface area contributed by atoms with Crippen molar-refractivity contribution in [1.82, 2.24) is 0 Å². The van der Waals surface area contributed by atoms with E-state index in [9.17, 15) is 0 Å². The molecule has 4 rings (SSSR count). The molecular weight excluding hydrogens is 428 g/mol. The third-order valence-electron chi connectivity index (χ3n) is 9.17. The molecule has 3 aliphatic rings. The van der Waals surface area contributed by atoms with E-state index in [1.807, 2.05) is 0 Å². The molecule has 2 saturated carbocycles. The maximum absolute atomic E-state index is 6.00. The second-order valence-corrected chi connectivity index (χ2v) is 11.8. The first kappa shape index (κ1) is 28.5. The van der Waals surface area contributed by atoms with Gasteiger partial charge in [-0.1, -0.05) is 95.4 Å². The lowest BCUT2D eigenvalue weighted by Gasteiger charge is -2.29. The second-order valence-electron chi connectivity index (χ2n) is 11.8. The molecule has 3 fully saturated rings. The molecule has 0 N–H and O–H groups in total. The summed E-state index contributed by atoms with van der Waals surface area (Å²) in [4.78, 5) is 0. The highest BCUT2D eigenvalue weighted by Crippen LogP contribution is 2.58. The first-order valence-electron chi connectivity index (χ1n) is 15.0. The molecule has 0 radical (unpaired) electrons. The van der Waals surface area contributed by atoms with E-state index in [1.165, 1.54) is 76.2 Å². The van der Waals surface area contributed by atoms with E-state index in [0.717, 1.165) is 55.6 Å². The summed E-state index contributed by atoms with van der Waals surface area (Å²) < 4.78 is 12.0. The van der Waals surface area contributed by atoms with E-state index >= 15 is 0 Å². The molecule has 2 aliphatic carbocycles. The molecular formula is C33H54O2. The molecule has 0 bridgehead atoms. The van der Waals surface area contributed by atoms with Crippen molar-refractivity contribution >= 4 is 0 Å². The van der Waals surface area contributed by atoms with Crippen molar-refractivity contribution < 1.29 is 9.47 Å². The highest BCUT2D eigenvalue weighted by molar-refractivity contribution is 5.15. The lowest BCUT2D eigenvalue weighted by molar-refractivity contribution is -0.168. The summed E-state index contributed by atoms with van der Waals surface area (Å²) in [6, 6.07) is 10.7. The average molecular weight is 483 g/mol. The summed E-state index contributed by atoms with van der Waals surface area (Å²) >= 11 is 0. The molecule has 0 aromatic heterocycles. The number of allylic oxidation sites excluding steroid dienone is 2. The summed E-state index contributed by atoms with van der Waals surface area (Å²) in [5.41, 5.74) is 2.14. The smallest absolute Gasteiger partial charge is 0.168 e. The Morgan fingerprint density at radius 1 is 1.00 bits per heavy atom. The Balaban J connectivity index is 0.000000205. The molecule has 198 valence electrons. The topological polar surface area (TPSA) is 18.5 Å². The van der Waals surface area contributed by atoms with Crippen molar-refractivity contribution in [3.8, 4) is 0 Å². The van der Waals surface area contributed by atoms with Crippen LogP contribution in [0.4, 0.5) is 0 Å². The first-order chi connectivity index (χ1) is 17.0. The van der Waals surface area contributed by atoms with Crippen LogP contribution in [-0.2, 0) is 15.9 Å². The molecule has 0 amide bonds. The number of hydrogen-bond donors (Lipinski definition) is 0. The average Bonchev–Trinajstić information content (AvgIpc) is 3.25. The molecule has 1 heterocycles. The van der Waals surface area contributed by atoms with E-state index in [2.05, 4.69) is 70.2 Å². The fourth-order valence-electron chi connectivity index (χ4n) is 6.73. The molecule has 1 aromatic carbocycles. The summed E-state index contributed by atoms with van der Waals surface area (Å²) in [6.45, 7) is 10.9. The number of aryl methyl sites for hydroxylation is 1. The highest BCUT2D eigenvalue weighted by atomic mass is 16.7. The molecule has 1 atom stereocenters. The zero-order valence-corrected chi connectivity index (χ0v) is 23.4. The van der Waals surface area contributed by atoms with Gasteiger partial charge in [-0.2, -0.15) is 0 Å². The number of ether oxygens (including phenoxy) is 2. The quantitative estimate of drug-likeness (QED) is 0.206. The lowest BCUT2D eigenvalue weighted by atomic mass is 9.76. The van der Waals surface area contributed by atoms with E-state index in [4.69, 9.17) is 9.47 Å². The van der Waals surface area contributed by atoms with Crippen LogP contribution >= 0.6 is 0 Å². The summed E-state index contributed by atoms with van der Waals surface area (Å²) in [5.74, 6) is 2.47. The van der Waals surface area contributed by atoms with Crippen molar-refractivity contribution in [2.45, 2.75) is 123 Å². The van der Waals surface area contributed by atoms with Crippen LogP contribution in [0.3, 0.4) is 0 Å².